The van der Waals surface area contributed by atoms with Crippen LogP contribution in [0.25, 0.3) is 0 Å². The van der Waals surface area contributed by atoms with E-state index in [2.05, 4.69) is 27.0 Å². The van der Waals surface area contributed by atoms with Crippen molar-refractivity contribution in [1.82, 2.24) is 14.9 Å². The largest absolute Gasteiger partial charge is 0.390 e. The van der Waals surface area contributed by atoms with E-state index in [9.17, 15) is 9.90 Å². The van der Waals surface area contributed by atoms with Gasteiger partial charge in [-0.1, -0.05) is 30.3 Å². The van der Waals surface area contributed by atoms with Crippen LogP contribution >= 0.6 is 0 Å². The fraction of sp³-hybridized carbons (Fsp3) is 0.500. The summed E-state index contributed by atoms with van der Waals surface area (Å²) in [4.78, 5) is 20.4. The molecule has 0 amide bonds. The summed E-state index contributed by atoms with van der Waals surface area (Å²) >= 11 is 0. The van der Waals surface area contributed by atoms with Crippen LogP contribution in [0.1, 0.15) is 24.1 Å². The van der Waals surface area contributed by atoms with Gasteiger partial charge < -0.3 is 15.0 Å². The Balaban J connectivity index is 1.30. The van der Waals surface area contributed by atoms with Crippen molar-refractivity contribution in [3.8, 4) is 0 Å². The van der Waals surface area contributed by atoms with Crippen LogP contribution < -0.4 is 5.56 Å². The fourth-order valence-electron chi connectivity index (χ4n) is 4.64. The second-order valence-corrected chi connectivity index (χ2v) is 7.73. The first-order valence-electron chi connectivity index (χ1n) is 9.12. The number of hydrogen-bond acceptors (Lipinski definition) is 4. The number of hydrogen-bond donors (Lipinski definition) is 2. The molecule has 1 saturated carbocycles. The summed E-state index contributed by atoms with van der Waals surface area (Å²) in [6.45, 7) is 3.08. The lowest BCUT2D eigenvalue weighted by atomic mass is 9.91. The number of fused-ring (bicyclic) bond motifs is 1. The molecule has 1 saturated heterocycles. The molecule has 1 aliphatic heterocycles. The summed E-state index contributed by atoms with van der Waals surface area (Å²) in [5, 5.41) is 11.0. The lowest BCUT2D eigenvalue weighted by Gasteiger charge is -2.26. The van der Waals surface area contributed by atoms with E-state index < -0.39 is 5.60 Å². The van der Waals surface area contributed by atoms with Crippen molar-refractivity contribution in [1.29, 1.82) is 0 Å². The van der Waals surface area contributed by atoms with E-state index >= 15 is 0 Å². The molecule has 0 spiro atoms. The molecule has 2 fully saturated rings. The van der Waals surface area contributed by atoms with E-state index in [1.165, 1.54) is 11.8 Å². The Kier molecular flexibility index (Phi) is 4.44. The van der Waals surface area contributed by atoms with Crippen molar-refractivity contribution in [3.63, 3.8) is 0 Å². The maximum atomic E-state index is 11.1. The number of nitrogens with one attached hydrogen (secondary N) is 1. The molecule has 2 unspecified atom stereocenters. The van der Waals surface area contributed by atoms with Crippen LogP contribution in [-0.2, 0) is 12.8 Å². The molecule has 5 nitrogen and oxygen atoms in total. The average Bonchev–Trinajstić information content (AvgIpc) is 3.09. The number of nitrogens with zero attached hydrogens (tertiary/aromatic N) is 2. The number of aromatic amines is 1. The summed E-state index contributed by atoms with van der Waals surface area (Å²) in [6.07, 6.45) is 6.47. The minimum atomic E-state index is -0.538. The molecule has 5 heteroatoms. The van der Waals surface area contributed by atoms with Crippen molar-refractivity contribution in [2.24, 2.45) is 11.8 Å². The van der Waals surface area contributed by atoms with Crippen molar-refractivity contribution in [2.75, 3.05) is 19.6 Å². The second kappa shape index (κ2) is 6.73. The van der Waals surface area contributed by atoms with Gasteiger partial charge in [-0.25, -0.2) is 0 Å². The van der Waals surface area contributed by atoms with Gasteiger partial charge in [0.05, 0.1) is 17.5 Å². The van der Waals surface area contributed by atoms with Crippen LogP contribution in [-0.4, -0.2) is 45.2 Å². The monoisotopic (exact) mass is 339 g/mol. The van der Waals surface area contributed by atoms with Crippen molar-refractivity contribution in [2.45, 2.75) is 31.3 Å². The lowest BCUT2D eigenvalue weighted by molar-refractivity contribution is 0.0355. The predicted octanol–water partition coefficient (Wildman–Crippen LogP) is 1.63. The summed E-state index contributed by atoms with van der Waals surface area (Å²) in [7, 11) is 0. The molecule has 2 aliphatic rings. The Morgan fingerprint density at radius 3 is 2.56 bits per heavy atom. The first-order chi connectivity index (χ1) is 12.1. The molecule has 1 aromatic carbocycles. The molecule has 2 N–H and O–H groups in total. The molecule has 1 aromatic heterocycles. The summed E-state index contributed by atoms with van der Waals surface area (Å²) in [5.74, 6) is 1.19. The highest BCUT2D eigenvalue weighted by molar-refractivity contribution is 5.18. The van der Waals surface area contributed by atoms with Crippen LogP contribution in [0.4, 0.5) is 0 Å². The number of likely N-dealkylation sites (tertiary alicyclic amines) is 1. The third-order valence-electron chi connectivity index (χ3n) is 5.73. The highest BCUT2D eigenvalue weighted by Gasteiger charge is 2.47. The van der Waals surface area contributed by atoms with Gasteiger partial charge in [-0.05, 0) is 30.2 Å². The van der Waals surface area contributed by atoms with Gasteiger partial charge in [0.2, 0.25) is 0 Å². The number of aromatic nitrogens is 2. The first-order valence-corrected chi connectivity index (χ1v) is 9.12. The third kappa shape index (κ3) is 3.83. The Morgan fingerprint density at radius 1 is 1.20 bits per heavy atom. The first kappa shape index (κ1) is 16.5. The Bertz CT molecular complexity index is 740. The average molecular weight is 339 g/mol. The van der Waals surface area contributed by atoms with Gasteiger partial charge in [0.1, 0.15) is 0 Å². The van der Waals surface area contributed by atoms with Gasteiger partial charge in [0, 0.05) is 38.7 Å². The smallest absolute Gasteiger partial charge is 0.266 e. The molecule has 0 bridgehead atoms. The maximum Gasteiger partial charge on any atom is 0.266 e. The number of H-pyrrole nitrogens is 1. The zero-order chi connectivity index (χ0) is 17.3. The van der Waals surface area contributed by atoms with Gasteiger partial charge >= 0.3 is 0 Å². The van der Waals surface area contributed by atoms with Crippen molar-refractivity contribution in [3.05, 3.63) is 64.3 Å². The minimum Gasteiger partial charge on any atom is -0.390 e. The molecule has 1 aliphatic carbocycles. The molecular formula is C20H25N3O2. The summed E-state index contributed by atoms with van der Waals surface area (Å²) < 4.78 is 0. The molecule has 0 radical (unpaired) electrons. The van der Waals surface area contributed by atoms with Crippen LogP contribution in [0, 0.1) is 11.8 Å². The highest BCUT2D eigenvalue weighted by Crippen LogP contribution is 2.45. The quantitative estimate of drug-likeness (QED) is 0.869. The van der Waals surface area contributed by atoms with Crippen molar-refractivity contribution < 1.29 is 5.11 Å². The third-order valence-corrected chi connectivity index (χ3v) is 5.73. The molecular weight excluding hydrogens is 314 g/mol. The van der Waals surface area contributed by atoms with E-state index in [1.807, 2.05) is 18.2 Å². The fourth-order valence-corrected chi connectivity index (χ4v) is 4.64. The van der Waals surface area contributed by atoms with E-state index in [4.69, 9.17) is 0 Å². The molecule has 2 aromatic rings. The molecule has 2 heterocycles. The zero-order valence-electron chi connectivity index (χ0n) is 14.4. The van der Waals surface area contributed by atoms with Gasteiger partial charge in [-0.15, -0.1) is 0 Å². The standard InChI is InChI=1S/C20H25N3O2/c24-19-12-21-18(11-22-19)6-7-23-13-16-9-20(25,10-17(16)14-23)8-15-4-2-1-3-5-15/h1-5,11-12,16-17,25H,6-10,13-14H2,(H,22,24). The topological polar surface area (TPSA) is 69.2 Å². The number of rotatable bonds is 5. The molecule has 4 rings (SSSR count). The Morgan fingerprint density at radius 2 is 1.92 bits per heavy atom. The van der Waals surface area contributed by atoms with Crippen LogP contribution in [0.5, 0.6) is 0 Å². The maximum absolute atomic E-state index is 11.1. The van der Waals surface area contributed by atoms with E-state index in [-0.39, 0.29) is 5.56 Å². The van der Waals surface area contributed by atoms with Gasteiger partial charge in [0.15, 0.2) is 0 Å². The predicted molar refractivity (Wildman–Crippen MR) is 96.3 cm³/mol. The molecule has 2 atom stereocenters. The summed E-state index contributed by atoms with van der Waals surface area (Å²) in [5.41, 5.74) is 1.46. The SMILES string of the molecule is O=c1cnc(CCN2CC3CC(O)(Cc4ccccc4)CC3C2)c[nH]1. The second-order valence-electron chi connectivity index (χ2n) is 7.73. The summed E-state index contributed by atoms with van der Waals surface area (Å²) in [6, 6.07) is 10.3. The van der Waals surface area contributed by atoms with Gasteiger partial charge in [-0.2, -0.15) is 0 Å². The highest BCUT2D eigenvalue weighted by atomic mass is 16.3. The molecule has 25 heavy (non-hydrogen) atoms. The Hall–Kier alpha value is -1.98. The van der Waals surface area contributed by atoms with E-state index in [0.717, 1.165) is 51.0 Å². The number of aliphatic hydroxyl groups is 1. The van der Waals surface area contributed by atoms with E-state index in [0.29, 0.717) is 11.8 Å². The number of benzene rings is 1. The van der Waals surface area contributed by atoms with Crippen molar-refractivity contribution >= 4 is 0 Å². The normalized spacial score (nSPS) is 29.0. The van der Waals surface area contributed by atoms with Gasteiger partial charge in [-0.3, -0.25) is 9.78 Å². The molecule has 132 valence electrons. The van der Waals surface area contributed by atoms with Crippen LogP contribution in [0.2, 0.25) is 0 Å². The lowest BCUT2D eigenvalue weighted by Crippen LogP contribution is -2.32. The van der Waals surface area contributed by atoms with E-state index in [1.54, 1.807) is 6.20 Å². The van der Waals surface area contributed by atoms with Gasteiger partial charge in [0.25, 0.3) is 5.56 Å². The zero-order valence-corrected chi connectivity index (χ0v) is 14.4. The minimum absolute atomic E-state index is 0.155. The van der Waals surface area contributed by atoms with Crippen LogP contribution in [0.15, 0.2) is 47.5 Å². The Labute approximate surface area is 147 Å². The van der Waals surface area contributed by atoms with Crippen LogP contribution in [0.3, 0.4) is 0 Å².